The van der Waals surface area contributed by atoms with E-state index in [9.17, 15) is 18.0 Å². The molecule has 0 radical (unpaired) electrons. The molecule has 0 bridgehead atoms. The van der Waals surface area contributed by atoms with Gasteiger partial charge in [0.15, 0.2) is 11.5 Å². The summed E-state index contributed by atoms with van der Waals surface area (Å²) < 4.78 is 45.7. The van der Waals surface area contributed by atoms with Crippen LogP contribution < -0.4 is 23.8 Å². The first-order valence-electron chi connectivity index (χ1n) is 14.6. The number of anilines is 1. The van der Waals surface area contributed by atoms with Crippen molar-refractivity contribution >= 4 is 39.1 Å². The Hall–Kier alpha value is -3.96. The number of methoxy groups -OCH3 is 2. The van der Waals surface area contributed by atoms with E-state index in [1.165, 1.54) is 37.3 Å². The molecule has 244 valence electrons. The number of rotatable bonds is 14. The quantitative estimate of drug-likeness (QED) is 0.237. The summed E-state index contributed by atoms with van der Waals surface area (Å²) in [5.74, 6) is 0.148. The Balaban J connectivity index is 2.13. The highest BCUT2D eigenvalue weighted by atomic mass is 35.5. The maximum absolute atomic E-state index is 14.3. The van der Waals surface area contributed by atoms with Gasteiger partial charge in [0.05, 0.1) is 31.4 Å². The average molecular weight is 660 g/mol. The second kappa shape index (κ2) is 15.4. The van der Waals surface area contributed by atoms with E-state index in [0.717, 1.165) is 4.31 Å². The van der Waals surface area contributed by atoms with E-state index < -0.39 is 34.1 Å². The molecule has 0 saturated carbocycles. The van der Waals surface area contributed by atoms with Crippen molar-refractivity contribution in [3.8, 4) is 17.2 Å². The van der Waals surface area contributed by atoms with E-state index in [4.69, 9.17) is 25.8 Å². The van der Waals surface area contributed by atoms with Crippen LogP contribution in [0, 0.1) is 0 Å². The second-order valence-corrected chi connectivity index (χ2v) is 13.5. The zero-order valence-electron chi connectivity index (χ0n) is 26.8. The van der Waals surface area contributed by atoms with Gasteiger partial charge in [0, 0.05) is 23.2 Å². The van der Waals surface area contributed by atoms with Crippen molar-refractivity contribution in [1.82, 2.24) is 10.2 Å². The number of hydrogen-bond donors (Lipinski definition) is 1. The predicted octanol–water partition coefficient (Wildman–Crippen LogP) is 5.67. The molecule has 0 saturated heterocycles. The summed E-state index contributed by atoms with van der Waals surface area (Å²) in [5.41, 5.74) is 0.283. The van der Waals surface area contributed by atoms with E-state index in [1.54, 1.807) is 55.5 Å². The standard InChI is InChI=1S/C33H42ClN3O7S/c1-8-28(32(39)35-33(3,4)5)36(21-23-12-10-11-13-27(23)34)31(38)22-37(24-14-16-25(17-15-24)44-9-2)45(40,41)26-18-19-29(42-6)30(20-26)43-7/h10-20,28H,8-9,21-22H2,1-7H3,(H,35,39)/t28-/m1/s1. The van der Waals surface area contributed by atoms with Gasteiger partial charge >= 0.3 is 0 Å². The molecule has 0 aliphatic rings. The summed E-state index contributed by atoms with van der Waals surface area (Å²) in [5, 5.41) is 3.37. The molecular formula is C33H42ClN3O7S. The number of sulfonamides is 1. The minimum absolute atomic E-state index is 0.0118. The normalized spacial score (nSPS) is 12.2. The number of ether oxygens (including phenoxy) is 3. The number of halogens is 1. The third-order valence-electron chi connectivity index (χ3n) is 6.84. The fourth-order valence-electron chi connectivity index (χ4n) is 4.69. The van der Waals surface area contributed by atoms with Gasteiger partial charge in [0.2, 0.25) is 11.8 Å². The topological polar surface area (TPSA) is 114 Å². The first-order chi connectivity index (χ1) is 21.2. The molecule has 0 heterocycles. The summed E-state index contributed by atoms with van der Waals surface area (Å²) in [7, 11) is -1.49. The highest BCUT2D eigenvalue weighted by Gasteiger charge is 2.35. The number of benzene rings is 3. The first kappa shape index (κ1) is 35.5. The van der Waals surface area contributed by atoms with Crippen molar-refractivity contribution in [3.05, 3.63) is 77.3 Å². The van der Waals surface area contributed by atoms with Crippen LogP contribution in [0.2, 0.25) is 5.02 Å². The molecule has 3 rings (SSSR count). The molecule has 45 heavy (non-hydrogen) atoms. The fraction of sp³-hybridized carbons (Fsp3) is 0.394. The van der Waals surface area contributed by atoms with Gasteiger partial charge in [-0.1, -0.05) is 36.7 Å². The monoisotopic (exact) mass is 659 g/mol. The van der Waals surface area contributed by atoms with Crippen LogP contribution in [0.5, 0.6) is 17.2 Å². The molecule has 3 aromatic carbocycles. The van der Waals surface area contributed by atoms with Crippen molar-refractivity contribution < 1.29 is 32.2 Å². The number of carbonyl (C=O) groups excluding carboxylic acids is 2. The fourth-order valence-corrected chi connectivity index (χ4v) is 6.32. The minimum Gasteiger partial charge on any atom is -0.494 e. The largest absolute Gasteiger partial charge is 0.494 e. The summed E-state index contributed by atoms with van der Waals surface area (Å²) >= 11 is 6.48. The van der Waals surface area contributed by atoms with E-state index in [1.807, 2.05) is 27.7 Å². The van der Waals surface area contributed by atoms with Crippen molar-refractivity contribution in [1.29, 1.82) is 0 Å². The van der Waals surface area contributed by atoms with Crippen LogP contribution in [0.15, 0.2) is 71.6 Å². The van der Waals surface area contributed by atoms with Gasteiger partial charge < -0.3 is 24.4 Å². The zero-order valence-corrected chi connectivity index (χ0v) is 28.4. The second-order valence-electron chi connectivity index (χ2n) is 11.2. The third kappa shape index (κ3) is 9.04. The Kier molecular flexibility index (Phi) is 12.1. The van der Waals surface area contributed by atoms with Crippen LogP contribution in [-0.2, 0) is 26.2 Å². The number of nitrogens with zero attached hydrogens (tertiary/aromatic N) is 2. The van der Waals surface area contributed by atoms with E-state index in [-0.39, 0.29) is 35.2 Å². The van der Waals surface area contributed by atoms with Crippen LogP contribution >= 0.6 is 11.6 Å². The van der Waals surface area contributed by atoms with E-state index >= 15 is 0 Å². The summed E-state index contributed by atoms with van der Waals surface area (Å²) in [6.45, 7) is 9.00. The van der Waals surface area contributed by atoms with Gasteiger partial charge in [-0.2, -0.15) is 0 Å². The lowest BCUT2D eigenvalue weighted by atomic mass is 10.1. The predicted molar refractivity (Wildman–Crippen MR) is 176 cm³/mol. The van der Waals surface area contributed by atoms with Crippen LogP contribution in [0.1, 0.15) is 46.6 Å². The van der Waals surface area contributed by atoms with E-state index in [0.29, 0.717) is 28.7 Å². The lowest BCUT2D eigenvalue weighted by molar-refractivity contribution is -0.141. The van der Waals surface area contributed by atoms with Crippen LogP contribution in [-0.4, -0.2) is 64.1 Å². The molecule has 1 atom stereocenters. The molecule has 0 fully saturated rings. The number of amides is 2. The lowest BCUT2D eigenvalue weighted by Gasteiger charge is -2.35. The number of nitrogens with one attached hydrogen (secondary N) is 1. The van der Waals surface area contributed by atoms with Crippen molar-refractivity contribution in [3.63, 3.8) is 0 Å². The molecule has 0 unspecified atom stereocenters. The molecule has 0 aromatic heterocycles. The molecule has 10 nitrogen and oxygen atoms in total. The molecule has 1 N–H and O–H groups in total. The lowest BCUT2D eigenvalue weighted by Crippen LogP contribution is -2.55. The van der Waals surface area contributed by atoms with Gasteiger partial charge in [-0.15, -0.1) is 0 Å². The Morgan fingerprint density at radius 1 is 0.933 bits per heavy atom. The molecule has 0 aliphatic heterocycles. The van der Waals surface area contributed by atoms with Crippen molar-refractivity contribution in [2.24, 2.45) is 0 Å². The summed E-state index contributed by atoms with van der Waals surface area (Å²) in [6, 6.07) is 16.7. The maximum atomic E-state index is 14.3. The van der Waals surface area contributed by atoms with Crippen LogP contribution in [0.25, 0.3) is 0 Å². The molecule has 3 aromatic rings. The summed E-state index contributed by atoms with van der Waals surface area (Å²) in [4.78, 5) is 29.1. The Morgan fingerprint density at radius 2 is 1.58 bits per heavy atom. The van der Waals surface area contributed by atoms with Crippen LogP contribution in [0.3, 0.4) is 0 Å². The van der Waals surface area contributed by atoms with E-state index in [2.05, 4.69) is 5.32 Å². The molecular weight excluding hydrogens is 618 g/mol. The van der Waals surface area contributed by atoms with Gasteiger partial charge in [-0.05, 0) is 82.1 Å². The minimum atomic E-state index is -4.35. The highest BCUT2D eigenvalue weighted by molar-refractivity contribution is 7.92. The van der Waals surface area contributed by atoms with Gasteiger partial charge in [-0.3, -0.25) is 13.9 Å². The van der Waals surface area contributed by atoms with Crippen LogP contribution in [0.4, 0.5) is 5.69 Å². The maximum Gasteiger partial charge on any atom is 0.264 e. The Bertz CT molecular complexity index is 1570. The molecule has 0 spiro atoms. The SMILES string of the molecule is CCOc1ccc(N(CC(=O)N(Cc2ccccc2Cl)[C@H](CC)C(=O)NC(C)(C)C)S(=O)(=O)c2ccc(OC)c(OC)c2)cc1. The zero-order chi connectivity index (χ0) is 33.4. The van der Waals surface area contributed by atoms with Gasteiger partial charge in [-0.25, -0.2) is 8.42 Å². The average Bonchev–Trinajstić information content (AvgIpc) is 2.99. The highest BCUT2D eigenvalue weighted by Crippen LogP contribution is 2.33. The molecule has 2 amide bonds. The molecule has 0 aliphatic carbocycles. The molecule has 12 heteroatoms. The Labute approximate surface area is 271 Å². The van der Waals surface area contributed by atoms with Crippen molar-refractivity contribution in [2.75, 3.05) is 31.7 Å². The van der Waals surface area contributed by atoms with Crippen molar-refractivity contribution in [2.45, 2.75) is 64.1 Å². The Morgan fingerprint density at radius 3 is 2.13 bits per heavy atom. The number of hydrogen-bond acceptors (Lipinski definition) is 7. The van der Waals surface area contributed by atoms with Gasteiger partial charge in [0.1, 0.15) is 18.3 Å². The van der Waals surface area contributed by atoms with Gasteiger partial charge in [0.25, 0.3) is 10.0 Å². The summed E-state index contributed by atoms with van der Waals surface area (Å²) in [6.07, 6.45) is 0.281. The third-order valence-corrected chi connectivity index (χ3v) is 8.98. The smallest absolute Gasteiger partial charge is 0.264 e. The number of carbonyl (C=O) groups is 2. The first-order valence-corrected chi connectivity index (χ1v) is 16.4.